The Bertz CT molecular complexity index is 951. The number of aromatic hydroxyl groups is 1. The minimum atomic E-state index is -4.67. The van der Waals surface area contributed by atoms with Crippen molar-refractivity contribution in [2.45, 2.75) is 12.9 Å². The number of benzene rings is 2. The number of piperazine rings is 1. The Hall–Kier alpha value is -2.52. The molecule has 0 saturated carbocycles. The largest absolute Gasteiger partial charge is 0.573 e. The molecule has 0 atom stereocenters. The quantitative estimate of drug-likeness (QED) is 0.699. The van der Waals surface area contributed by atoms with Crippen molar-refractivity contribution in [2.24, 2.45) is 0 Å². The van der Waals surface area contributed by atoms with Crippen molar-refractivity contribution in [1.29, 1.82) is 0 Å². The van der Waals surface area contributed by atoms with Crippen LogP contribution in [0.25, 0.3) is 10.2 Å². The van der Waals surface area contributed by atoms with Gasteiger partial charge in [-0.15, -0.1) is 13.2 Å². The lowest BCUT2D eigenvalue weighted by Gasteiger charge is -2.34. The Morgan fingerprint density at radius 2 is 1.75 bits per heavy atom. The topological polar surface area (TPSA) is 48.8 Å². The van der Waals surface area contributed by atoms with E-state index in [2.05, 4.69) is 19.5 Å². The van der Waals surface area contributed by atoms with E-state index in [9.17, 15) is 18.3 Å². The zero-order valence-electron chi connectivity index (χ0n) is 14.8. The third-order valence-corrected chi connectivity index (χ3v) is 5.65. The van der Waals surface area contributed by atoms with Crippen LogP contribution in [-0.2, 0) is 6.54 Å². The standard InChI is InChI=1S/C19H18F3N3O2S/c20-19(21,22)27-15-4-1-13(2-5-15)12-24-7-9-25(10-8-24)18-23-16-6-3-14(26)11-17(16)28-18/h1-6,11,26H,7-10,12H2. The van der Waals surface area contributed by atoms with Crippen molar-refractivity contribution < 1.29 is 23.0 Å². The van der Waals surface area contributed by atoms with Gasteiger partial charge in [-0.25, -0.2) is 4.98 Å². The first-order valence-electron chi connectivity index (χ1n) is 8.77. The van der Waals surface area contributed by atoms with Crippen LogP contribution in [0.3, 0.4) is 0 Å². The second-order valence-corrected chi connectivity index (χ2v) is 7.61. The molecule has 0 aliphatic carbocycles. The van der Waals surface area contributed by atoms with Gasteiger partial charge in [0.05, 0.1) is 10.2 Å². The summed E-state index contributed by atoms with van der Waals surface area (Å²) >= 11 is 1.56. The monoisotopic (exact) mass is 409 g/mol. The summed E-state index contributed by atoms with van der Waals surface area (Å²) < 4.78 is 41.5. The summed E-state index contributed by atoms with van der Waals surface area (Å²) in [4.78, 5) is 9.11. The van der Waals surface area contributed by atoms with Gasteiger partial charge in [0, 0.05) is 32.7 Å². The van der Waals surface area contributed by atoms with Crippen molar-refractivity contribution in [3.8, 4) is 11.5 Å². The first kappa shape index (κ1) is 18.8. The van der Waals surface area contributed by atoms with Crippen LogP contribution in [0, 0.1) is 0 Å². The van der Waals surface area contributed by atoms with Gasteiger partial charge in [-0.1, -0.05) is 23.5 Å². The predicted molar refractivity (Wildman–Crippen MR) is 102 cm³/mol. The van der Waals surface area contributed by atoms with Crippen LogP contribution in [0.1, 0.15) is 5.56 Å². The average Bonchev–Trinajstić information content (AvgIpc) is 3.06. The Balaban J connectivity index is 1.33. The van der Waals surface area contributed by atoms with Gasteiger partial charge in [-0.3, -0.25) is 4.90 Å². The van der Waals surface area contributed by atoms with Gasteiger partial charge in [-0.2, -0.15) is 0 Å². The molecule has 0 bridgehead atoms. The zero-order valence-corrected chi connectivity index (χ0v) is 15.6. The van der Waals surface area contributed by atoms with E-state index in [-0.39, 0.29) is 11.5 Å². The highest BCUT2D eigenvalue weighted by Crippen LogP contribution is 2.31. The minimum absolute atomic E-state index is 0.206. The molecule has 0 unspecified atom stereocenters. The number of phenolic OH excluding ortho intramolecular Hbond substituents is 1. The number of anilines is 1. The smallest absolute Gasteiger partial charge is 0.508 e. The van der Waals surface area contributed by atoms with E-state index >= 15 is 0 Å². The lowest BCUT2D eigenvalue weighted by Crippen LogP contribution is -2.45. The van der Waals surface area contributed by atoms with E-state index in [1.807, 2.05) is 6.07 Å². The maximum Gasteiger partial charge on any atom is 0.573 e. The van der Waals surface area contributed by atoms with Gasteiger partial charge in [0.1, 0.15) is 11.5 Å². The van der Waals surface area contributed by atoms with Gasteiger partial charge in [0.2, 0.25) is 0 Å². The number of rotatable bonds is 4. The molecule has 0 spiro atoms. The number of fused-ring (bicyclic) bond motifs is 1. The Labute approximate surface area is 163 Å². The Morgan fingerprint density at radius 3 is 2.43 bits per heavy atom. The van der Waals surface area contributed by atoms with E-state index in [1.165, 1.54) is 12.1 Å². The van der Waals surface area contributed by atoms with E-state index in [1.54, 1.807) is 35.6 Å². The van der Waals surface area contributed by atoms with Gasteiger partial charge < -0.3 is 14.7 Å². The molecule has 2 aromatic carbocycles. The summed E-state index contributed by atoms with van der Waals surface area (Å²) in [6.45, 7) is 3.99. The molecule has 3 aromatic rings. The first-order valence-corrected chi connectivity index (χ1v) is 9.59. The molecule has 28 heavy (non-hydrogen) atoms. The number of halogens is 3. The number of thiazole rings is 1. The van der Waals surface area contributed by atoms with E-state index in [0.29, 0.717) is 6.54 Å². The number of aromatic nitrogens is 1. The Kier molecular flexibility index (Phi) is 5.03. The highest BCUT2D eigenvalue weighted by Gasteiger charge is 2.31. The fourth-order valence-electron chi connectivity index (χ4n) is 3.19. The molecule has 0 radical (unpaired) electrons. The fraction of sp³-hybridized carbons (Fsp3) is 0.316. The van der Waals surface area contributed by atoms with Gasteiger partial charge in [0.25, 0.3) is 0 Å². The molecular formula is C19H18F3N3O2S. The summed E-state index contributed by atoms with van der Waals surface area (Å²) in [6.07, 6.45) is -4.67. The van der Waals surface area contributed by atoms with Gasteiger partial charge >= 0.3 is 6.36 Å². The third-order valence-electron chi connectivity index (χ3n) is 4.57. The number of nitrogens with zero attached hydrogens (tertiary/aromatic N) is 3. The first-order chi connectivity index (χ1) is 13.4. The average molecular weight is 409 g/mol. The van der Waals surface area contributed by atoms with Crippen LogP contribution in [0.5, 0.6) is 11.5 Å². The molecule has 5 nitrogen and oxygen atoms in total. The molecular weight excluding hydrogens is 391 g/mol. The lowest BCUT2D eigenvalue weighted by molar-refractivity contribution is -0.274. The van der Waals surface area contributed by atoms with Crippen molar-refractivity contribution in [1.82, 2.24) is 9.88 Å². The van der Waals surface area contributed by atoms with Crippen molar-refractivity contribution in [3.63, 3.8) is 0 Å². The molecule has 1 aromatic heterocycles. The van der Waals surface area contributed by atoms with Crippen molar-refractivity contribution >= 4 is 26.7 Å². The van der Waals surface area contributed by atoms with Crippen LogP contribution < -0.4 is 9.64 Å². The van der Waals surface area contributed by atoms with Crippen LogP contribution in [-0.4, -0.2) is 47.5 Å². The zero-order chi connectivity index (χ0) is 19.7. The van der Waals surface area contributed by atoms with Crippen molar-refractivity contribution in [3.05, 3.63) is 48.0 Å². The molecule has 1 saturated heterocycles. The molecule has 1 aliphatic rings. The number of phenols is 1. The molecule has 2 heterocycles. The molecule has 1 N–H and O–H groups in total. The second kappa shape index (κ2) is 7.48. The fourth-order valence-corrected chi connectivity index (χ4v) is 4.24. The summed E-state index contributed by atoms with van der Waals surface area (Å²) in [5, 5.41) is 10.5. The maximum absolute atomic E-state index is 12.2. The van der Waals surface area contributed by atoms with E-state index in [0.717, 1.165) is 47.1 Å². The molecule has 1 fully saturated rings. The summed E-state index contributed by atoms with van der Waals surface area (Å²) in [5.41, 5.74) is 1.82. The highest BCUT2D eigenvalue weighted by molar-refractivity contribution is 7.22. The van der Waals surface area contributed by atoms with Crippen LogP contribution in [0.2, 0.25) is 0 Å². The molecule has 1 aliphatic heterocycles. The summed E-state index contributed by atoms with van der Waals surface area (Å²) in [7, 11) is 0. The van der Waals surface area contributed by atoms with Crippen LogP contribution in [0.15, 0.2) is 42.5 Å². The number of alkyl halides is 3. The maximum atomic E-state index is 12.2. The van der Waals surface area contributed by atoms with E-state index < -0.39 is 6.36 Å². The normalized spacial score (nSPS) is 15.9. The highest BCUT2D eigenvalue weighted by atomic mass is 32.1. The molecule has 9 heteroatoms. The third kappa shape index (κ3) is 4.48. The number of hydrogen-bond acceptors (Lipinski definition) is 6. The molecule has 4 rings (SSSR count). The summed E-state index contributed by atoms with van der Waals surface area (Å²) in [5.74, 6) is 0.0297. The summed E-state index contributed by atoms with van der Waals surface area (Å²) in [6, 6.07) is 11.2. The second-order valence-electron chi connectivity index (χ2n) is 6.60. The Morgan fingerprint density at radius 1 is 1.04 bits per heavy atom. The van der Waals surface area contributed by atoms with E-state index in [4.69, 9.17) is 0 Å². The van der Waals surface area contributed by atoms with Gasteiger partial charge in [0.15, 0.2) is 5.13 Å². The lowest BCUT2D eigenvalue weighted by atomic mass is 10.2. The van der Waals surface area contributed by atoms with Crippen molar-refractivity contribution in [2.75, 3.05) is 31.1 Å². The van der Waals surface area contributed by atoms with Crippen LogP contribution in [0.4, 0.5) is 18.3 Å². The SMILES string of the molecule is Oc1ccc2nc(N3CCN(Cc4ccc(OC(F)(F)F)cc4)CC3)sc2c1. The van der Waals surface area contributed by atoms with Gasteiger partial charge in [-0.05, 0) is 35.9 Å². The number of hydrogen-bond donors (Lipinski definition) is 1. The predicted octanol–water partition coefficient (Wildman–Crippen LogP) is 4.22. The molecule has 0 amide bonds. The minimum Gasteiger partial charge on any atom is -0.508 e. The van der Waals surface area contributed by atoms with Crippen LogP contribution >= 0.6 is 11.3 Å². The number of ether oxygens (including phenoxy) is 1. The molecule has 148 valence electrons.